The fraction of sp³-hybridized carbons (Fsp3) is 0.500. The summed E-state index contributed by atoms with van der Waals surface area (Å²) in [4.78, 5) is 30.6. The number of pyridine rings is 1. The summed E-state index contributed by atoms with van der Waals surface area (Å²) >= 11 is 0. The van der Waals surface area contributed by atoms with E-state index in [-0.39, 0.29) is 42.1 Å². The van der Waals surface area contributed by atoms with E-state index in [0.717, 1.165) is 16.6 Å². The molecule has 2 N–H and O–H groups in total. The molecular weight excluding hydrogens is 597 g/mol. The summed E-state index contributed by atoms with van der Waals surface area (Å²) < 4.78 is 44.0. The molecule has 5 atom stereocenters. The third-order valence-electron chi connectivity index (χ3n) is 8.82. The molecule has 1 aromatic carbocycles. The van der Waals surface area contributed by atoms with Gasteiger partial charge in [-0.1, -0.05) is 20.4 Å². The highest BCUT2D eigenvalue weighted by atomic mass is 32.2. The summed E-state index contributed by atoms with van der Waals surface area (Å²) in [6.45, 7) is 12.4. The number of benzene rings is 1. The highest BCUT2D eigenvalue weighted by Crippen LogP contribution is 2.42. The van der Waals surface area contributed by atoms with Crippen LogP contribution in [0, 0.1) is 5.92 Å². The number of carbonyl (C=O) groups is 1. The largest absolute Gasteiger partial charge is 0.378 e. The van der Waals surface area contributed by atoms with E-state index in [4.69, 9.17) is 9.72 Å². The molecule has 0 bridgehead atoms. The van der Waals surface area contributed by atoms with E-state index < -0.39 is 22.1 Å². The number of alkyl halides is 1. The van der Waals surface area contributed by atoms with Crippen molar-refractivity contribution in [3.8, 4) is 0 Å². The van der Waals surface area contributed by atoms with Gasteiger partial charge < -0.3 is 25.2 Å². The Kier molecular flexibility index (Phi) is 9.31. The van der Waals surface area contributed by atoms with Crippen molar-refractivity contribution in [2.45, 2.75) is 64.4 Å². The fourth-order valence-electron chi connectivity index (χ4n) is 6.39. The average molecular weight is 640 g/mol. The molecule has 2 aliphatic rings. The smallest absolute Gasteiger partial charge is 0.247 e. The second-order valence-electron chi connectivity index (χ2n) is 12.5. The Bertz CT molecular complexity index is 1700. The molecule has 4 heterocycles. The van der Waals surface area contributed by atoms with Crippen molar-refractivity contribution in [1.82, 2.24) is 15.0 Å². The van der Waals surface area contributed by atoms with E-state index in [9.17, 15) is 17.6 Å². The maximum absolute atomic E-state index is 14.7. The second-order valence-corrected chi connectivity index (χ2v) is 14.6. The number of halogens is 1. The number of ether oxygens (including phenoxy) is 1. The highest BCUT2D eigenvalue weighted by Gasteiger charge is 2.39. The maximum atomic E-state index is 14.7. The zero-order valence-corrected chi connectivity index (χ0v) is 27.4. The van der Waals surface area contributed by atoms with Crippen molar-refractivity contribution >= 4 is 55.5 Å². The number of hydrogen-bond acceptors (Lipinski definition) is 10. The molecule has 2 fully saturated rings. The Labute approximate surface area is 264 Å². The minimum absolute atomic E-state index is 0.00565. The van der Waals surface area contributed by atoms with E-state index in [0.29, 0.717) is 41.6 Å². The van der Waals surface area contributed by atoms with Crippen molar-refractivity contribution in [3.63, 3.8) is 0 Å². The maximum Gasteiger partial charge on any atom is 0.247 e. The van der Waals surface area contributed by atoms with E-state index >= 15 is 0 Å². The first-order valence-corrected chi connectivity index (χ1v) is 17.2. The van der Waals surface area contributed by atoms with Crippen LogP contribution >= 0.6 is 0 Å². The molecule has 2 aliphatic heterocycles. The van der Waals surface area contributed by atoms with Gasteiger partial charge in [-0.2, -0.15) is 0 Å². The molecule has 2 saturated heterocycles. The number of nitrogens with zero attached hydrogens (tertiary/aromatic N) is 5. The number of hydrogen-bond donors (Lipinski definition) is 2. The summed E-state index contributed by atoms with van der Waals surface area (Å²) in [5.41, 5.74) is 3.63. The Balaban J connectivity index is 1.51. The number of sulfone groups is 1. The van der Waals surface area contributed by atoms with Crippen molar-refractivity contribution in [1.29, 1.82) is 0 Å². The van der Waals surface area contributed by atoms with Gasteiger partial charge in [0.05, 0.1) is 29.6 Å². The molecule has 0 unspecified atom stereocenters. The number of methoxy groups -OCH3 is 1. The number of nitrogens with one attached hydrogen (secondary N) is 2. The molecule has 0 aliphatic carbocycles. The molecule has 0 saturated carbocycles. The number of rotatable bonds is 10. The third kappa shape index (κ3) is 6.89. The zero-order chi connectivity index (χ0) is 32.6. The van der Waals surface area contributed by atoms with Gasteiger partial charge in [-0.25, -0.2) is 27.8 Å². The molecule has 2 aromatic heterocycles. The monoisotopic (exact) mass is 639 g/mol. The van der Waals surface area contributed by atoms with Crippen LogP contribution in [0.25, 0.3) is 10.9 Å². The van der Waals surface area contributed by atoms with Crippen LogP contribution in [-0.2, 0) is 19.4 Å². The fourth-order valence-corrected chi connectivity index (χ4v) is 7.55. The van der Waals surface area contributed by atoms with Crippen LogP contribution in [0.4, 0.5) is 33.2 Å². The van der Waals surface area contributed by atoms with Gasteiger partial charge >= 0.3 is 0 Å². The summed E-state index contributed by atoms with van der Waals surface area (Å²) in [7, 11) is -1.59. The predicted octanol–water partition coefficient (Wildman–Crippen LogP) is 4.84. The third-order valence-corrected chi connectivity index (χ3v) is 9.86. The SMILES string of the molecule is C=CC(=O)Nc1cc(N2C[C@H](CS(C)(=O)=O)[C@H]2C)c2cnc(Nc3ccnc(N4C[C@H](F)[C@H](OC)C[C@H]4C)c3)nc2c1C(C)C. The van der Waals surface area contributed by atoms with Crippen LogP contribution in [0.1, 0.15) is 45.6 Å². The van der Waals surface area contributed by atoms with Crippen LogP contribution in [0.3, 0.4) is 0 Å². The van der Waals surface area contributed by atoms with Gasteiger partial charge in [-0.05, 0) is 44.4 Å². The highest BCUT2D eigenvalue weighted by molar-refractivity contribution is 7.90. The number of anilines is 5. The number of amides is 1. The first-order chi connectivity index (χ1) is 21.3. The molecule has 11 nitrogen and oxygen atoms in total. The number of piperidine rings is 1. The lowest BCUT2D eigenvalue weighted by Crippen LogP contribution is -2.57. The van der Waals surface area contributed by atoms with E-state index in [1.165, 1.54) is 19.4 Å². The number of carbonyl (C=O) groups excluding carboxylic acids is 1. The van der Waals surface area contributed by atoms with Crippen molar-refractivity contribution in [2.75, 3.05) is 52.6 Å². The van der Waals surface area contributed by atoms with Gasteiger partial charge in [0.15, 0.2) is 0 Å². The van der Waals surface area contributed by atoms with Crippen LogP contribution in [0.15, 0.2) is 43.2 Å². The zero-order valence-electron chi connectivity index (χ0n) is 26.6. The van der Waals surface area contributed by atoms with Gasteiger partial charge in [0.2, 0.25) is 11.9 Å². The molecule has 1 amide bonds. The standard InChI is InChI=1S/C32H42FN7O4S/c1-8-29(41)37-25-13-26(40-15-21(20(40)5)17-45(7,42)43)23-14-35-32(38-31(23)30(25)18(2)3)36-22-9-10-34-28(12-22)39-16-24(33)27(44-6)11-19(39)4/h8-10,12-14,18-21,24,27H,1,11,15-17H2,2-7H3,(H,37,41)(H,34,35,36,38)/t19-,20-,21-,24+,27-/m1/s1. The molecule has 13 heteroatoms. The number of aromatic nitrogens is 3. The van der Waals surface area contributed by atoms with Gasteiger partial charge in [0.1, 0.15) is 21.8 Å². The molecular formula is C32H42FN7O4S. The van der Waals surface area contributed by atoms with Gasteiger partial charge in [0, 0.05) is 78.7 Å². The first kappa shape index (κ1) is 32.6. The van der Waals surface area contributed by atoms with Crippen LogP contribution < -0.4 is 20.4 Å². The lowest BCUT2D eigenvalue weighted by molar-refractivity contribution is -0.111. The summed E-state index contributed by atoms with van der Waals surface area (Å²) in [5.74, 6) is 0.741. The predicted molar refractivity (Wildman–Crippen MR) is 177 cm³/mol. The molecule has 3 aromatic rings. The van der Waals surface area contributed by atoms with Gasteiger partial charge in [-0.3, -0.25) is 4.79 Å². The average Bonchev–Trinajstić information content (AvgIpc) is 2.98. The topological polar surface area (TPSA) is 130 Å². The lowest BCUT2D eigenvalue weighted by Gasteiger charge is -2.48. The van der Waals surface area contributed by atoms with Gasteiger partial charge in [-0.15, -0.1) is 0 Å². The van der Waals surface area contributed by atoms with Crippen molar-refractivity contribution in [2.24, 2.45) is 5.92 Å². The summed E-state index contributed by atoms with van der Waals surface area (Å²) in [6.07, 6.45) is 4.90. The Morgan fingerprint density at radius 1 is 1.22 bits per heavy atom. The number of fused-ring (bicyclic) bond motifs is 1. The molecule has 242 valence electrons. The van der Waals surface area contributed by atoms with Crippen LogP contribution in [-0.4, -0.2) is 85.8 Å². The van der Waals surface area contributed by atoms with Crippen LogP contribution in [0.5, 0.6) is 0 Å². The Hall–Kier alpha value is -3.84. The second kappa shape index (κ2) is 12.9. The summed E-state index contributed by atoms with van der Waals surface area (Å²) in [5, 5.41) is 7.04. The van der Waals surface area contributed by atoms with E-state index in [1.54, 1.807) is 18.5 Å². The molecule has 5 rings (SSSR count). The van der Waals surface area contributed by atoms with E-state index in [1.807, 2.05) is 44.7 Å². The first-order valence-electron chi connectivity index (χ1n) is 15.2. The molecule has 0 spiro atoms. The van der Waals surface area contributed by atoms with Gasteiger partial charge in [0.25, 0.3) is 0 Å². The lowest BCUT2D eigenvalue weighted by atomic mass is 9.89. The molecule has 45 heavy (non-hydrogen) atoms. The Morgan fingerprint density at radius 2 is 1.98 bits per heavy atom. The van der Waals surface area contributed by atoms with Crippen molar-refractivity contribution < 1.29 is 22.3 Å². The minimum atomic E-state index is -3.13. The molecule has 0 radical (unpaired) electrons. The summed E-state index contributed by atoms with van der Waals surface area (Å²) in [6, 6.07) is 5.57. The van der Waals surface area contributed by atoms with Crippen LogP contribution in [0.2, 0.25) is 0 Å². The van der Waals surface area contributed by atoms with Crippen molar-refractivity contribution in [3.05, 3.63) is 48.8 Å². The quantitative estimate of drug-likeness (QED) is 0.298. The minimum Gasteiger partial charge on any atom is -0.378 e. The normalized spacial score (nSPS) is 23.6. The van der Waals surface area contributed by atoms with E-state index in [2.05, 4.69) is 32.1 Å². The Morgan fingerprint density at radius 3 is 2.62 bits per heavy atom.